The lowest BCUT2D eigenvalue weighted by molar-refractivity contribution is -0.131. The third-order valence-corrected chi connectivity index (χ3v) is 10.9. The van der Waals surface area contributed by atoms with Crippen molar-refractivity contribution in [3.8, 4) is 0 Å². The van der Waals surface area contributed by atoms with E-state index in [1.807, 2.05) is 0 Å². The monoisotopic (exact) mass is 749 g/mol. The summed E-state index contributed by atoms with van der Waals surface area (Å²) in [6, 6.07) is 0. The quantitative estimate of drug-likeness (QED) is 0.0923. The molecule has 5 heterocycles. The molecule has 3 saturated heterocycles. The molecule has 3 aliphatic heterocycles. The number of aliphatic hydroxyl groups is 3. The smallest absolute Gasteiger partial charge is 0.387 e. The van der Waals surface area contributed by atoms with Crippen molar-refractivity contribution in [1.82, 2.24) is 24.4 Å². The zero-order valence-corrected chi connectivity index (χ0v) is 27.2. The predicted octanol–water partition coefficient (Wildman–Crippen LogP) is -2.96. The van der Waals surface area contributed by atoms with Crippen molar-refractivity contribution < 1.29 is 80.7 Å². The van der Waals surface area contributed by atoms with Crippen molar-refractivity contribution >= 4 is 46.4 Å². The van der Waals surface area contributed by atoms with Gasteiger partial charge in [-0.2, -0.15) is 4.31 Å². The summed E-state index contributed by atoms with van der Waals surface area (Å²) in [5, 5.41) is 31.7. The first-order chi connectivity index (χ1) is 22.4. The number of carbonyl (C=O) groups excluding carboxylic acids is 1. The molecule has 0 aliphatic carbocycles. The molecule has 270 valence electrons. The molecule has 0 bridgehead atoms. The zero-order valence-electron chi connectivity index (χ0n) is 24.5. The van der Waals surface area contributed by atoms with Gasteiger partial charge in [-0.1, -0.05) is 0 Å². The highest BCUT2D eigenvalue weighted by Gasteiger charge is 2.51. The summed E-state index contributed by atoms with van der Waals surface area (Å²) in [5.74, 6) is -1.11. The molecule has 24 nitrogen and oxygen atoms in total. The van der Waals surface area contributed by atoms with Crippen molar-refractivity contribution in [1.29, 1.82) is 0 Å². The second kappa shape index (κ2) is 14.3. The number of amides is 1. The van der Waals surface area contributed by atoms with Crippen LogP contribution in [0.4, 0.5) is 5.82 Å². The number of nitrogen functional groups attached to an aromatic ring is 1. The molecule has 0 spiro atoms. The first-order valence-corrected chi connectivity index (χ1v) is 18.6. The Hall–Kier alpha value is -2.05. The molecule has 2 aromatic rings. The van der Waals surface area contributed by atoms with Crippen LogP contribution in [0.5, 0.6) is 0 Å². The van der Waals surface area contributed by atoms with Gasteiger partial charge >= 0.3 is 23.5 Å². The number of fused-ring (bicyclic) bond motifs is 1. The Labute approximate surface area is 270 Å². The maximum atomic E-state index is 12.6. The van der Waals surface area contributed by atoms with Crippen LogP contribution < -0.4 is 11.5 Å². The highest BCUT2D eigenvalue weighted by molar-refractivity contribution is 7.61. The van der Waals surface area contributed by atoms with Gasteiger partial charge in [0.1, 0.15) is 54.7 Å². The molecule has 11 atom stereocenters. The van der Waals surface area contributed by atoms with Gasteiger partial charge in [-0.25, -0.2) is 28.6 Å². The number of hydrogen-bond acceptors (Lipinski definition) is 18. The number of ether oxygens (including phenoxy) is 2. The molecule has 27 heteroatoms. The van der Waals surface area contributed by atoms with Crippen molar-refractivity contribution in [3.63, 3.8) is 0 Å². The van der Waals surface area contributed by atoms with E-state index >= 15 is 0 Å². The van der Waals surface area contributed by atoms with Crippen LogP contribution in [-0.2, 0) is 45.8 Å². The van der Waals surface area contributed by atoms with Gasteiger partial charge in [0.15, 0.2) is 17.7 Å². The van der Waals surface area contributed by atoms with Gasteiger partial charge in [0.2, 0.25) is 5.91 Å². The van der Waals surface area contributed by atoms with E-state index in [1.54, 1.807) is 4.90 Å². The first-order valence-electron chi connectivity index (χ1n) is 14.1. The van der Waals surface area contributed by atoms with Gasteiger partial charge in [0.25, 0.3) is 0 Å². The predicted molar refractivity (Wildman–Crippen MR) is 153 cm³/mol. The van der Waals surface area contributed by atoms with E-state index in [0.29, 0.717) is 19.4 Å². The van der Waals surface area contributed by atoms with Crippen molar-refractivity contribution in [2.45, 2.75) is 61.9 Å². The van der Waals surface area contributed by atoms with Crippen LogP contribution in [0.2, 0.25) is 0 Å². The SMILES string of the molecule is NC(=O)[C@H]1CCCN([C@@H]2O[C@H](COP(=O)(O)OP(=O)(O)OC[C@H]3O[C@@H](n4cnc5c(N)ncnc54)[C@H](OP(=O)(O)O)[C@@H]3O)[C@@H](O)[C@H]2O)C1. The molecule has 48 heavy (non-hydrogen) atoms. The van der Waals surface area contributed by atoms with Gasteiger partial charge in [-0.3, -0.25) is 27.8 Å². The molecule has 3 aliphatic rings. The molecule has 1 amide bonds. The Balaban J connectivity index is 1.19. The van der Waals surface area contributed by atoms with Crippen LogP contribution >= 0.6 is 23.5 Å². The summed E-state index contributed by atoms with van der Waals surface area (Å²) in [5.41, 5.74) is 11.2. The lowest BCUT2D eigenvalue weighted by atomic mass is 9.96. The summed E-state index contributed by atoms with van der Waals surface area (Å²) < 4.78 is 67.4. The summed E-state index contributed by atoms with van der Waals surface area (Å²) in [6.07, 6.45) is -9.42. The van der Waals surface area contributed by atoms with Gasteiger partial charge in [0.05, 0.1) is 25.5 Å². The van der Waals surface area contributed by atoms with E-state index in [-0.39, 0.29) is 23.5 Å². The Morgan fingerprint density at radius 1 is 0.938 bits per heavy atom. The number of aliphatic hydroxyl groups excluding tert-OH is 3. The van der Waals surface area contributed by atoms with Gasteiger partial charge in [-0.15, -0.1) is 0 Å². The van der Waals surface area contributed by atoms with Crippen LogP contribution in [0.3, 0.4) is 0 Å². The van der Waals surface area contributed by atoms with Crippen molar-refractivity contribution in [3.05, 3.63) is 12.7 Å². The van der Waals surface area contributed by atoms with Crippen LogP contribution in [0.25, 0.3) is 11.2 Å². The fourth-order valence-corrected chi connectivity index (χ4v) is 8.20. The molecular weight excluding hydrogens is 715 g/mol. The van der Waals surface area contributed by atoms with Crippen LogP contribution in [-0.4, -0.2) is 134 Å². The van der Waals surface area contributed by atoms with Crippen molar-refractivity contribution in [2.75, 3.05) is 32.0 Å². The van der Waals surface area contributed by atoms with E-state index in [1.165, 1.54) is 0 Å². The molecule has 0 saturated carbocycles. The third-order valence-electron chi connectivity index (χ3n) is 7.80. The molecule has 2 unspecified atom stereocenters. The van der Waals surface area contributed by atoms with E-state index in [0.717, 1.165) is 17.2 Å². The highest BCUT2D eigenvalue weighted by atomic mass is 31.3. The Morgan fingerprint density at radius 3 is 2.19 bits per heavy atom. The Bertz CT molecular complexity index is 1630. The Kier molecular flexibility index (Phi) is 11.1. The number of primary amides is 1. The third kappa shape index (κ3) is 8.45. The number of aromatic nitrogens is 4. The Morgan fingerprint density at radius 2 is 1.56 bits per heavy atom. The lowest BCUT2D eigenvalue weighted by Crippen LogP contribution is -2.50. The average Bonchev–Trinajstić information content (AvgIpc) is 3.64. The largest absolute Gasteiger partial charge is 0.481 e. The number of likely N-dealkylation sites (tertiary alicyclic amines) is 1. The number of phosphoric ester groups is 3. The van der Waals surface area contributed by atoms with Crippen LogP contribution in [0.1, 0.15) is 19.1 Å². The fraction of sp³-hybridized carbons (Fsp3) is 0.714. The molecule has 2 aromatic heterocycles. The number of hydrogen-bond donors (Lipinski definition) is 9. The molecule has 0 aromatic carbocycles. The molecular formula is C21H34N7O17P3. The second-order valence-corrected chi connectivity index (χ2v) is 15.3. The van der Waals surface area contributed by atoms with Gasteiger partial charge < -0.3 is 55.8 Å². The topological polar surface area (TPSA) is 364 Å². The van der Waals surface area contributed by atoms with E-state index in [2.05, 4.69) is 19.3 Å². The number of anilines is 1. The maximum Gasteiger partial charge on any atom is 0.481 e. The second-order valence-electron chi connectivity index (χ2n) is 11.1. The highest BCUT2D eigenvalue weighted by Crippen LogP contribution is 2.61. The lowest BCUT2D eigenvalue weighted by Gasteiger charge is -2.36. The summed E-state index contributed by atoms with van der Waals surface area (Å²) in [6.45, 7) is -1.43. The van der Waals surface area contributed by atoms with E-state index in [9.17, 15) is 53.4 Å². The summed E-state index contributed by atoms with van der Waals surface area (Å²) in [4.78, 5) is 63.9. The molecule has 0 radical (unpaired) electrons. The normalized spacial score (nSPS) is 34.3. The minimum absolute atomic E-state index is 0.0103. The van der Waals surface area contributed by atoms with E-state index < -0.39 is 97.6 Å². The zero-order chi connectivity index (χ0) is 35.2. The number of rotatable bonds is 13. The summed E-state index contributed by atoms with van der Waals surface area (Å²) >= 11 is 0. The number of imidazole rings is 1. The van der Waals surface area contributed by atoms with Gasteiger partial charge in [-0.05, 0) is 12.8 Å². The maximum absolute atomic E-state index is 12.6. The van der Waals surface area contributed by atoms with Gasteiger partial charge in [0, 0.05) is 13.1 Å². The van der Waals surface area contributed by atoms with Crippen LogP contribution in [0.15, 0.2) is 12.7 Å². The standard InChI is InChI=1S/C21H34N7O17P3/c22-17-12-19(25-7-24-17)28(8-26-12)21-16(44-46(33,34)35)14(30)11(43-21)6-41-48(38,39)45-47(36,37)40-5-10-13(29)15(31)20(42-10)27-3-1-2-9(4-27)18(23)32/h7-11,13-16,20-21,29-31H,1-6H2,(H2,23,32)(H,36,37)(H,38,39)(H2,22,24,25)(H2,33,34,35)/t9-,10+,11+,13+,14+,15+,16+,20+,21+/m0/s1. The summed E-state index contributed by atoms with van der Waals surface area (Å²) in [7, 11) is -16.2. The first kappa shape index (κ1) is 37.2. The van der Waals surface area contributed by atoms with E-state index in [4.69, 9.17) is 34.5 Å². The molecule has 11 N–H and O–H groups in total. The number of carbonyl (C=O) groups is 1. The fourth-order valence-electron chi connectivity index (χ4n) is 5.56. The minimum Gasteiger partial charge on any atom is -0.387 e. The molecule has 5 rings (SSSR count). The number of piperidine rings is 1. The minimum atomic E-state index is -5.50. The molecule has 3 fully saturated rings. The van der Waals surface area contributed by atoms with Crippen LogP contribution in [0, 0.1) is 5.92 Å². The van der Waals surface area contributed by atoms with Crippen molar-refractivity contribution in [2.24, 2.45) is 11.7 Å². The number of nitrogens with zero attached hydrogens (tertiary/aromatic N) is 5. The average molecular weight is 749 g/mol. The number of phosphoric acid groups is 3. The number of nitrogens with two attached hydrogens (primary N) is 2.